The number of sulfonamides is 1. The summed E-state index contributed by atoms with van der Waals surface area (Å²) in [6.45, 7) is 3.08. The molecule has 0 aliphatic carbocycles. The number of thiazole rings is 1. The second kappa shape index (κ2) is 10.3. The highest BCUT2D eigenvalue weighted by molar-refractivity contribution is 7.93. The maximum atomic E-state index is 13.5. The van der Waals surface area contributed by atoms with Crippen molar-refractivity contribution in [2.24, 2.45) is 0 Å². The molecule has 0 bridgehead atoms. The summed E-state index contributed by atoms with van der Waals surface area (Å²) in [5, 5.41) is 13.7. The van der Waals surface area contributed by atoms with Crippen molar-refractivity contribution in [2.45, 2.75) is 23.9 Å². The zero-order valence-electron chi connectivity index (χ0n) is 20.0. The van der Waals surface area contributed by atoms with Gasteiger partial charge in [-0.1, -0.05) is 17.7 Å². The molecule has 3 heterocycles. The normalized spacial score (nSPS) is 17.2. The summed E-state index contributed by atoms with van der Waals surface area (Å²) in [5.74, 6) is -0.0779. The molecular weight excluding hydrogens is 534 g/mol. The number of hydrogen-bond acceptors (Lipinski definition) is 7. The Bertz CT molecular complexity index is 1510. The Morgan fingerprint density at radius 2 is 2.00 bits per heavy atom. The van der Waals surface area contributed by atoms with Crippen LogP contribution in [-0.4, -0.2) is 66.2 Å². The molecule has 0 radical (unpaired) electrons. The molecule has 1 amide bonds. The molecule has 0 saturated carbocycles. The second-order valence-electron chi connectivity index (χ2n) is 8.85. The van der Waals surface area contributed by atoms with Gasteiger partial charge >= 0.3 is 0 Å². The molecule has 194 valence electrons. The van der Waals surface area contributed by atoms with E-state index in [2.05, 4.69) is 9.71 Å². The van der Waals surface area contributed by atoms with Crippen LogP contribution in [-0.2, 0) is 14.8 Å². The molecule has 9 nitrogen and oxygen atoms in total. The number of rotatable bonds is 7. The van der Waals surface area contributed by atoms with Gasteiger partial charge in [0.25, 0.3) is 10.0 Å². The Morgan fingerprint density at radius 3 is 2.70 bits per heavy atom. The van der Waals surface area contributed by atoms with Crippen molar-refractivity contribution < 1.29 is 18.3 Å². The molecule has 1 saturated heterocycles. The van der Waals surface area contributed by atoms with Gasteiger partial charge in [0.2, 0.25) is 5.91 Å². The van der Waals surface area contributed by atoms with Gasteiger partial charge in [0, 0.05) is 48.1 Å². The third-order valence-corrected chi connectivity index (χ3v) is 9.01. The van der Waals surface area contributed by atoms with E-state index < -0.39 is 22.1 Å². The number of nitrogens with one attached hydrogen (secondary N) is 1. The van der Waals surface area contributed by atoms with E-state index in [1.807, 2.05) is 46.9 Å². The average molecular weight is 560 g/mol. The third kappa shape index (κ3) is 5.17. The summed E-state index contributed by atoms with van der Waals surface area (Å²) in [5.41, 5.74) is 1.70. The van der Waals surface area contributed by atoms with Crippen LogP contribution in [0.15, 0.2) is 71.2 Å². The molecule has 0 spiro atoms. The van der Waals surface area contributed by atoms with E-state index in [1.54, 1.807) is 34.5 Å². The highest BCUT2D eigenvalue weighted by atomic mass is 35.5. The summed E-state index contributed by atoms with van der Waals surface area (Å²) >= 11 is 7.38. The van der Waals surface area contributed by atoms with Crippen molar-refractivity contribution in [2.75, 3.05) is 35.9 Å². The predicted molar refractivity (Wildman–Crippen MR) is 146 cm³/mol. The number of aliphatic hydroxyl groups is 1. The van der Waals surface area contributed by atoms with Crippen LogP contribution in [0.2, 0.25) is 5.02 Å². The number of anilines is 2. The van der Waals surface area contributed by atoms with Crippen molar-refractivity contribution in [3.8, 4) is 0 Å². The number of aromatic nitrogens is 2. The molecule has 1 fully saturated rings. The van der Waals surface area contributed by atoms with Crippen LogP contribution < -0.4 is 9.62 Å². The van der Waals surface area contributed by atoms with Gasteiger partial charge in [0.15, 0.2) is 5.13 Å². The standard InChI is InChI=1S/C25H26ClN5O4S2/c1-17(30-10-8-18-2-3-19(26)14-23(18)30)24(33)31-12-11-29(15-21(31)16-32)20-4-6-22(7-5-20)37(34,35)28-25-27-9-13-36-25/h2-10,13-14,17,21,32H,11-12,15-16H2,1H3,(H,27,28). The van der Waals surface area contributed by atoms with Crippen molar-refractivity contribution in [1.29, 1.82) is 0 Å². The molecule has 2 N–H and O–H groups in total. The number of halogens is 1. The number of aliphatic hydroxyl groups excluding tert-OH is 1. The number of nitrogens with zero attached hydrogens (tertiary/aromatic N) is 4. The Hall–Kier alpha value is -3.12. The van der Waals surface area contributed by atoms with Crippen molar-refractivity contribution in [3.63, 3.8) is 0 Å². The van der Waals surface area contributed by atoms with Crippen molar-refractivity contribution >= 4 is 60.6 Å². The third-order valence-electron chi connectivity index (χ3n) is 6.60. The lowest BCUT2D eigenvalue weighted by Crippen LogP contribution is -2.57. The molecule has 2 unspecified atom stereocenters. The van der Waals surface area contributed by atoms with Crippen LogP contribution >= 0.6 is 22.9 Å². The number of fused-ring (bicyclic) bond motifs is 1. The number of piperazine rings is 1. The highest BCUT2D eigenvalue weighted by Gasteiger charge is 2.33. The van der Waals surface area contributed by atoms with Gasteiger partial charge in [-0.3, -0.25) is 9.52 Å². The maximum Gasteiger partial charge on any atom is 0.263 e. The highest BCUT2D eigenvalue weighted by Crippen LogP contribution is 2.27. The first kappa shape index (κ1) is 25.5. The van der Waals surface area contributed by atoms with E-state index in [1.165, 1.54) is 17.5 Å². The van der Waals surface area contributed by atoms with E-state index in [-0.39, 0.29) is 17.4 Å². The van der Waals surface area contributed by atoms with Gasteiger partial charge in [0.1, 0.15) is 6.04 Å². The number of amides is 1. The summed E-state index contributed by atoms with van der Waals surface area (Å²) in [6.07, 6.45) is 3.41. The minimum absolute atomic E-state index is 0.0779. The quantitative estimate of drug-likeness (QED) is 0.356. The smallest absolute Gasteiger partial charge is 0.263 e. The van der Waals surface area contributed by atoms with Gasteiger partial charge in [-0.25, -0.2) is 13.4 Å². The molecule has 12 heteroatoms. The second-order valence-corrected chi connectivity index (χ2v) is 11.9. The predicted octanol–water partition coefficient (Wildman–Crippen LogP) is 3.82. The lowest BCUT2D eigenvalue weighted by atomic mass is 10.1. The van der Waals surface area contributed by atoms with Crippen molar-refractivity contribution in [3.05, 3.63) is 71.3 Å². The molecule has 5 rings (SSSR count). The SMILES string of the molecule is CC(C(=O)N1CCN(c2ccc(S(=O)(=O)Nc3nccs3)cc2)CC1CO)n1ccc2ccc(Cl)cc21. The number of hydrogen-bond donors (Lipinski definition) is 2. The van der Waals surface area contributed by atoms with E-state index in [0.717, 1.165) is 16.6 Å². The van der Waals surface area contributed by atoms with Gasteiger partial charge < -0.3 is 19.5 Å². The summed E-state index contributed by atoms with van der Waals surface area (Å²) in [7, 11) is -3.74. The Kier molecular flexibility index (Phi) is 7.13. The van der Waals surface area contributed by atoms with Gasteiger partial charge in [-0.05, 0) is 54.8 Å². The maximum absolute atomic E-state index is 13.5. The fraction of sp³-hybridized carbons (Fsp3) is 0.280. The lowest BCUT2D eigenvalue weighted by molar-refractivity contribution is -0.138. The largest absolute Gasteiger partial charge is 0.394 e. The fourth-order valence-electron chi connectivity index (χ4n) is 4.64. The first-order chi connectivity index (χ1) is 17.8. The number of carbonyl (C=O) groups is 1. The molecule has 2 atom stereocenters. The monoisotopic (exact) mass is 559 g/mol. The average Bonchev–Trinajstić information content (AvgIpc) is 3.57. The van der Waals surface area contributed by atoms with E-state index in [4.69, 9.17) is 11.6 Å². The van der Waals surface area contributed by atoms with Crippen LogP contribution in [0.4, 0.5) is 10.8 Å². The van der Waals surface area contributed by atoms with Crippen LogP contribution in [0, 0.1) is 0 Å². The van der Waals surface area contributed by atoms with Crippen LogP contribution in [0.5, 0.6) is 0 Å². The molecular formula is C25H26ClN5O4S2. The number of benzene rings is 2. The van der Waals surface area contributed by atoms with Crippen LogP contribution in [0.1, 0.15) is 13.0 Å². The Morgan fingerprint density at radius 1 is 1.22 bits per heavy atom. The Labute approximate surface area is 224 Å². The van der Waals surface area contributed by atoms with Crippen molar-refractivity contribution in [1.82, 2.24) is 14.5 Å². The van der Waals surface area contributed by atoms with Gasteiger partial charge in [-0.2, -0.15) is 0 Å². The molecule has 1 aliphatic heterocycles. The molecule has 4 aromatic rings. The first-order valence-electron chi connectivity index (χ1n) is 11.7. The summed E-state index contributed by atoms with van der Waals surface area (Å²) in [4.78, 5) is 21.4. The fourth-order valence-corrected chi connectivity index (χ4v) is 6.59. The molecule has 2 aromatic carbocycles. The molecule has 1 aliphatic rings. The Balaban J connectivity index is 1.28. The van der Waals surface area contributed by atoms with E-state index >= 15 is 0 Å². The first-order valence-corrected chi connectivity index (χ1v) is 14.5. The van der Waals surface area contributed by atoms with Gasteiger partial charge in [0.05, 0.1) is 23.1 Å². The molecule has 2 aromatic heterocycles. The van der Waals surface area contributed by atoms with Crippen LogP contribution in [0.3, 0.4) is 0 Å². The lowest BCUT2D eigenvalue weighted by Gasteiger charge is -2.42. The topological polar surface area (TPSA) is 108 Å². The summed E-state index contributed by atoms with van der Waals surface area (Å²) < 4.78 is 29.6. The van der Waals surface area contributed by atoms with Crippen LogP contribution in [0.25, 0.3) is 10.9 Å². The minimum atomic E-state index is -3.74. The summed E-state index contributed by atoms with van der Waals surface area (Å²) in [6, 6.07) is 13.2. The minimum Gasteiger partial charge on any atom is -0.394 e. The van der Waals surface area contributed by atoms with E-state index in [0.29, 0.717) is 29.8 Å². The molecule has 37 heavy (non-hydrogen) atoms. The zero-order valence-corrected chi connectivity index (χ0v) is 22.4. The van der Waals surface area contributed by atoms with Gasteiger partial charge in [-0.15, -0.1) is 11.3 Å². The van der Waals surface area contributed by atoms with E-state index in [9.17, 15) is 18.3 Å². The number of carbonyl (C=O) groups excluding carboxylic acids is 1. The zero-order chi connectivity index (χ0) is 26.2.